The van der Waals surface area contributed by atoms with Crippen LogP contribution in [0.2, 0.25) is 5.82 Å². The Morgan fingerprint density at radius 2 is 1.86 bits per heavy atom. The van der Waals surface area contributed by atoms with E-state index in [2.05, 4.69) is 86.3 Å². The Kier molecular flexibility index (Phi) is 6.47. The summed E-state index contributed by atoms with van der Waals surface area (Å²) in [5.74, 6) is 0.502. The van der Waals surface area contributed by atoms with Gasteiger partial charge in [-0.3, -0.25) is 0 Å². The molecule has 0 bridgehead atoms. The van der Waals surface area contributed by atoms with Crippen LogP contribution in [0.25, 0.3) is 0 Å². The molecule has 0 saturated carbocycles. The van der Waals surface area contributed by atoms with Crippen molar-refractivity contribution in [2.24, 2.45) is 5.41 Å². The summed E-state index contributed by atoms with van der Waals surface area (Å²) in [7, 11) is 2.34. The zero-order valence-electron chi connectivity index (χ0n) is 15.5. The second kappa shape index (κ2) is 7.67. The predicted molar refractivity (Wildman–Crippen MR) is 104 cm³/mol. The number of hydrogen-bond acceptors (Lipinski definition) is 0. The molecule has 0 radical (unpaired) electrons. The van der Waals surface area contributed by atoms with Gasteiger partial charge in [-0.1, -0.05) is 54.8 Å². The van der Waals surface area contributed by atoms with E-state index in [1.807, 2.05) is 6.08 Å². The Bertz CT molecular complexity index is 579. The molecular formula is C21H31B. The second-order valence-corrected chi connectivity index (χ2v) is 6.22. The van der Waals surface area contributed by atoms with E-state index < -0.39 is 0 Å². The summed E-state index contributed by atoms with van der Waals surface area (Å²) in [5, 5.41) is 0. The zero-order chi connectivity index (χ0) is 16.9. The van der Waals surface area contributed by atoms with Crippen LogP contribution >= 0.6 is 0 Å². The van der Waals surface area contributed by atoms with Gasteiger partial charge in [0.1, 0.15) is 7.85 Å². The molecule has 2 unspecified atom stereocenters. The van der Waals surface area contributed by atoms with E-state index in [4.69, 9.17) is 0 Å². The molecule has 0 N–H and O–H groups in total. The summed E-state index contributed by atoms with van der Waals surface area (Å²) in [6.45, 7) is 17.2. The molecule has 0 aliphatic heterocycles. The van der Waals surface area contributed by atoms with Crippen LogP contribution in [0.3, 0.4) is 0 Å². The van der Waals surface area contributed by atoms with Gasteiger partial charge in [-0.05, 0) is 63.3 Å². The summed E-state index contributed by atoms with van der Waals surface area (Å²) in [5.41, 5.74) is 7.14. The SMILES string of the molecule is BC(C)C1(/C(C)=C/C)C(CC=C)=C(/C=C\C)C(=C/C)/C1=C\C. The molecule has 1 aliphatic carbocycles. The van der Waals surface area contributed by atoms with Gasteiger partial charge < -0.3 is 0 Å². The smallest absolute Gasteiger partial charge is 0.103 e. The first-order valence-electron chi connectivity index (χ1n) is 8.41. The fourth-order valence-corrected chi connectivity index (χ4v) is 4.15. The maximum absolute atomic E-state index is 4.01. The van der Waals surface area contributed by atoms with Crippen molar-refractivity contribution in [2.45, 2.75) is 53.8 Å². The molecular weight excluding hydrogens is 263 g/mol. The Hall–Kier alpha value is -1.50. The molecule has 0 aromatic carbocycles. The third kappa shape index (κ3) is 2.62. The van der Waals surface area contributed by atoms with E-state index in [0.29, 0.717) is 5.82 Å². The molecule has 0 amide bonds. The van der Waals surface area contributed by atoms with Crippen molar-refractivity contribution in [3.05, 3.63) is 70.9 Å². The van der Waals surface area contributed by atoms with E-state index in [9.17, 15) is 0 Å². The number of rotatable bonds is 5. The van der Waals surface area contributed by atoms with Crippen molar-refractivity contribution < 1.29 is 0 Å². The molecule has 0 spiro atoms. The van der Waals surface area contributed by atoms with Crippen molar-refractivity contribution in [3.8, 4) is 0 Å². The molecule has 0 nitrogen and oxygen atoms in total. The van der Waals surface area contributed by atoms with Crippen molar-refractivity contribution in [1.82, 2.24) is 0 Å². The van der Waals surface area contributed by atoms with Crippen molar-refractivity contribution in [3.63, 3.8) is 0 Å². The van der Waals surface area contributed by atoms with Crippen LogP contribution in [-0.2, 0) is 0 Å². The Morgan fingerprint density at radius 1 is 1.23 bits per heavy atom. The van der Waals surface area contributed by atoms with Gasteiger partial charge in [0, 0.05) is 5.41 Å². The molecule has 1 aliphatic rings. The molecule has 2 atom stereocenters. The maximum atomic E-state index is 4.01. The predicted octanol–water partition coefficient (Wildman–Crippen LogP) is 5.74. The van der Waals surface area contributed by atoms with Gasteiger partial charge in [0.25, 0.3) is 0 Å². The van der Waals surface area contributed by atoms with Gasteiger partial charge in [0.2, 0.25) is 0 Å². The van der Waals surface area contributed by atoms with Crippen LogP contribution in [0.4, 0.5) is 0 Å². The van der Waals surface area contributed by atoms with Crippen molar-refractivity contribution in [1.29, 1.82) is 0 Å². The highest BCUT2D eigenvalue weighted by Gasteiger charge is 2.48. The lowest BCUT2D eigenvalue weighted by Gasteiger charge is -2.40. The van der Waals surface area contributed by atoms with Crippen LogP contribution in [0, 0.1) is 5.41 Å². The molecule has 22 heavy (non-hydrogen) atoms. The molecule has 0 saturated heterocycles. The minimum atomic E-state index is -0.00558. The van der Waals surface area contributed by atoms with Crippen LogP contribution in [0.5, 0.6) is 0 Å². The lowest BCUT2D eigenvalue weighted by atomic mass is 9.56. The number of hydrogen-bond donors (Lipinski definition) is 0. The standard InChI is InChI=1S/C21H31B/c1-8-13-18-17(11-4)19(12-5)21(16(7)22,15(6)10-3)20(18)14-9-2/h8-13,16H,2,14,22H2,1,3-7H3/b13-8-,15-10+,17-11-,19-12+. The van der Waals surface area contributed by atoms with E-state index >= 15 is 0 Å². The Balaban J connectivity index is 3.95. The van der Waals surface area contributed by atoms with E-state index in [0.717, 1.165) is 6.42 Å². The minimum Gasteiger partial charge on any atom is -0.103 e. The third-order valence-electron chi connectivity index (χ3n) is 4.99. The molecule has 0 aromatic heterocycles. The normalized spacial score (nSPS) is 28.2. The van der Waals surface area contributed by atoms with Crippen LogP contribution in [0.1, 0.15) is 48.0 Å². The van der Waals surface area contributed by atoms with Crippen LogP contribution < -0.4 is 0 Å². The fraction of sp³-hybridized carbons (Fsp3) is 0.429. The van der Waals surface area contributed by atoms with Gasteiger partial charge in [-0.2, -0.15) is 0 Å². The van der Waals surface area contributed by atoms with Gasteiger partial charge >= 0.3 is 0 Å². The highest BCUT2D eigenvalue weighted by atomic mass is 14.5. The lowest BCUT2D eigenvalue weighted by Crippen LogP contribution is -2.29. The molecule has 1 heteroatoms. The summed E-state index contributed by atoms with van der Waals surface area (Å²) >= 11 is 0. The quantitative estimate of drug-likeness (QED) is 0.448. The highest BCUT2D eigenvalue weighted by Crippen LogP contribution is 2.61. The first-order chi connectivity index (χ1) is 10.5. The maximum Gasteiger partial charge on any atom is 0.107 e. The molecule has 0 fully saturated rings. The highest BCUT2D eigenvalue weighted by molar-refractivity contribution is 6.13. The van der Waals surface area contributed by atoms with Crippen molar-refractivity contribution >= 4 is 7.85 Å². The topological polar surface area (TPSA) is 0 Å². The third-order valence-corrected chi connectivity index (χ3v) is 4.99. The van der Waals surface area contributed by atoms with Gasteiger partial charge in [0.15, 0.2) is 0 Å². The monoisotopic (exact) mass is 294 g/mol. The molecule has 0 aromatic rings. The fourth-order valence-electron chi connectivity index (χ4n) is 4.15. The van der Waals surface area contributed by atoms with Gasteiger partial charge in [-0.15, -0.1) is 6.58 Å². The van der Waals surface area contributed by atoms with Gasteiger partial charge in [-0.25, -0.2) is 0 Å². The average molecular weight is 294 g/mol. The summed E-state index contributed by atoms with van der Waals surface area (Å²) < 4.78 is 0. The average Bonchev–Trinajstić information content (AvgIpc) is 2.77. The Labute approximate surface area is 138 Å². The van der Waals surface area contributed by atoms with Crippen LogP contribution in [-0.4, -0.2) is 7.85 Å². The summed E-state index contributed by atoms with van der Waals surface area (Å²) in [4.78, 5) is 0. The first kappa shape index (κ1) is 18.6. The van der Waals surface area contributed by atoms with E-state index in [1.165, 1.54) is 27.9 Å². The molecule has 1 rings (SSSR count). The first-order valence-corrected chi connectivity index (χ1v) is 8.41. The van der Waals surface area contributed by atoms with Gasteiger partial charge in [0.05, 0.1) is 0 Å². The van der Waals surface area contributed by atoms with E-state index in [1.54, 1.807) is 0 Å². The zero-order valence-corrected chi connectivity index (χ0v) is 15.5. The van der Waals surface area contributed by atoms with Crippen molar-refractivity contribution in [2.75, 3.05) is 0 Å². The summed E-state index contributed by atoms with van der Waals surface area (Å²) in [6, 6.07) is 0. The van der Waals surface area contributed by atoms with E-state index in [-0.39, 0.29) is 5.41 Å². The molecule has 0 heterocycles. The number of allylic oxidation sites excluding steroid dienone is 11. The second-order valence-electron chi connectivity index (χ2n) is 6.22. The summed E-state index contributed by atoms with van der Waals surface area (Å²) in [6.07, 6.45) is 14.2. The van der Waals surface area contributed by atoms with Crippen LogP contribution in [0.15, 0.2) is 70.9 Å². The lowest BCUT2D eigenvalue weighted by molar-refractivity contribution is 0.503. The largest absolute Gasteiger partial charge is 0.107 e. The molecule has 118 valence electrons. The minimum absolute atomic E-state index is 0.00558. The Morgan fingerprint density at radius 3 is 2.23 bits per heavy atom.